The Hall–Kier alpha value is -0.610. The molecule has 0 saturated carbocycles. The lowest BCUT2D eigenvalue weighted by atomic mass is 10.4. The maximum atomic E-state index is 10.7. The van der Waals surface area contributed by atoms with E-state index in [0.717, 1.165) is 0 Å². The molecule has 0 aliphatic heterocycles. The number of carbonyl (C=O) groups is 1. The van der Waals surface area contributed by atoms with Crippen LogP contribution in [0.2, 0.25) is 0 Å². The van der Waals surface area contributed by atoms with Crippen LogP contribution >= 0.6 is 0 Å². The summed E-state index contributed by atoms with van der Waals surface area (Å²) in [5.74, 6) is 0.00380. The number of methoxy groups -OCH3 is 2. The van der Waals surface area contributed by atoms with Crippen molar-refractivity contribution in [2.24, 2.45) is 0 Å². The van der Waals surface area contributed by atoms with E-state index in [1.54, 1.807) is 6.92 Å². The van der Waals surface area contributed by atoms with Crippen LogP contribution in [0.3, 0.4) is 0 Å². The summed E-state index contributed by atoms with van der Waals surface area (Å²) in [6, 6.07) is 0. The molecule has 0 aliphatic carbocycles. The van der Waals surface area contributed by atoms with Gasteiger partial charge in [-0.1, -0.05) is 6.92 Å². The van der Waals surface area contributed by atoms with E-state index in [9.17, 15) is 4.79 Å². The van der Waals surface area contributed by atoms with E-state index < -0.39 is 0 Å². The van der Waals surface area contributed by atoms with Crippen molar-refractivity contribution in [3.05, 3.63) is 0 Å². The van der Waals surface area contributed by atoms with Gasteiger partial charge < -0.3 is 14.8 Å². The van der Waals surface area contributed by atoms with E-state index in [4.69, 9.17) is 9.47 Å². The molecule has 0 atom stereocenters. The second-order valence-corrected chi connectivity index (χ2v) is 2.06. The molecule has 1 N–H and O–H groups in total. The zero-order valence-corrected chi connectivity index (χ0v) is 7.22. The van der Waals surface area contributed by atoms with Crippen LogP contribution in [-0.2, 0) is 14.3 Å². The summed E-state index contributed by atoms with van der Waals surface area (Å²) in [5, 5.41) is 2.65. The van der Waals surface area contributed by atoms with Crippen molar-refractivity contribution in [1.82, 2.24) is 5.32 Å². The molecule has 1 amide bonds. The van der Waals surface area contributed by atoms with Crippen LogP contribution in [-0.4, -0.2) is 33.0 Å². The SMILES string of the molecule is CCC(=O)NCC(OC)OC. The van der Waals surface area contributed by atoms with Gasteiger partial charge in [0.2, 0.25) is 5.91 Å². The Morgan fingerprint density at radius 1 is 1.45 bits per heavy atom. The number of nitrogens with one attached hydrogen (secondary N) is 1. The normalized spacial score (nSPS) is 10.2. The summed E-state index contributed by atoms with van der Waals surface area (Å²) in [4.78, 5) is 10.7. The second-order valence-electron chi connectivity index (χ2n) is 2.06. The fraction of sp³-hybridized carbons (Fsp3) is 0.857. The van der Waals surface area contributed by atoms with Crippen LogP contribution < -0.4 is 5.32 Å². The molecule has 0 bridgehead atoms. The molecule has 0 radical (unpaired) electrons. The van der Waals surface area contributed by atoms with Gasteiger partial charge in [-0.05, 0) is 0 Å². The lowest BCUT2D eigenvalue weighted by Crippen LogP contribution is -2.33. The van der Waals surface area contributed by atoms with E-state index in [0.29, 0.717) is 13.0 Å². The molecule has 0 fully saturated rings. The van der Waals surface area contributed by atoms with Gasteiger partial charge in [-0.2, -0.15) is 0 Å². The minimum Gasteiger partial charge on any atom is -0.354 e. The number of hydrogen-bond acceptors (Lipinski definition) is 3. The second kappa shape index (κ2) is 6.12. The van der Waals surface area contributed by atoms with Crippen LogP contribution in [0.5, 0.6) is 0 Å². The third-order valence-corrected chi connectivity index (χ3v) is 1.31. The average Bonchev–Trinajstić information content (AvgIpc) is 2.06. The molecule has 0 aromatic rings. The Morgan fingerprint density at radius 3 is 2.36 bits per heavy atom. The molecule has 66 valence electrons. The van der Waals surface area contributed by atoms with Gasteiger partial charge in [0.1, 0.15) is 0 Å². The van der Waals surface area contributed by atoms with Crippen LogP contribution in [0.4, 0.5) is 0 Å². The average molecular weight is 161 g/mol. The van der Waals surface area contributed by atoms with Crippen LogP contribution in [0.25, 0.3) is 0 Å². The first-order chi connectivity index (χ1) is 5.24. The highest BCUT2D eigenvalue weighted by atomic mass is 16.7. The number of hydrogen-bond donors (Lipinski definition) is 1. The zero-order valence-electron chi connectivity index (χ0n) is 7.22. The molecule has 0 saturated heterocycles. The molecule has 0 unspecified atom stereocenters. The molecule has 0 aromatic carbocycles. The quantitative estimate of drug-likeness (QED) is 0.583. The number of ether oxygens (including phenoxy) is 2. The largest absolute Gasteiger partial charge is 0.354 e. The summed E-state index contributed by atoms with van der Waals surface area (Å²) in [6.45, 7) is 2.20. The van der Waals surface area contributed by atoms with Crippen molar-refractivity contribution in [3.63, 3.8) is 0 Å². The summed E-state index contributed by atoms with van der Waals surface area (Å²) in [6.07, 6.45) is 0.144. The Kier molecular flexibility index (Phi) is 5.78. The molecule has 4 nitrogen and oxygen atoms in total. The summed E-state index contributed by atoms with van der Waals surface area (Å²) in [5.41, 5.74) is 0. The highest BCUT2D eigenvalue weighted by molar-refractivity contribution is 5.75. The molecule has 4 heteroatoms. The Balaban J connectivity index is 3.42. The van der Waals surface area contributed by atoms with Gasteiger partial charge in [-0.3, -0.25) is 4.79 Å². The fourth-order valence-electron chi connectivity index (χ4n) is 0.585. The van der Waals surface area contributed by atoms with Gasteiger partial charge in [-0.15, -0.1) is 0 Å². The molecule has 0 heterocycles. The Bertz CT molecular complexity index is 112. The number of amides is 1. The van der Waals surface area contributed by atoms with Gasteiger partial charge >= 0.3 is 0 Å². The maximum absolute atomic E-state index is 10.7. The summed E-state index contributed by atoms with van der Waals surface area (Å²) >= 11 is 0. The topological polar surface area (TPSA) is 47.6 Å². The lowest BCUT2D eigenvalue weighted by Gasteiger charge is -2.13. The van der Waals surface area contributed by atoms with E-state index >= 15 is 0 Å². The molecule has 0 rings (SSSR count). The van der Waals surface area contributed by atoms with Crippen molar-refractivity contribution in [2.75, 3.05) is 20.8 Å². The van der Waals surface area contributed by atoms with E-state index in [-0.39, 0.29) is 12.2 Å². The standard InChI is InChI=1S/C7H15NO3/c1-4-6(9)8-5-7(10-2)11-3/h7H,4-5H2,1-3H3,(H,8,9). The first-order valence-electron chi connectivity index (χ1n) is 3.56. The van der Waals surface area contributed by atoms with Crippen LogP contribution in [0.15, 0.2) is 0 Å². The Labute approximate surface area is 66.9 Å². The number of rotatable bonds is 5. The third kappa shape index (κ3) is 4.75. The van der Waals surface area contributed by atoms with Crippen molar-refractivity contribution in [2.45, 2.75) is 19.6 Å². The van der Waals surface area contributed by atoms with E-state index in [1.165, 1.54) is 14.2 Å². The van der Waals surface area contributed by atoms with Crippen molar-refractivity contribution in [1.29, 1.82) is 0 Å². The summed E-state index contributed by atoms with van der Waals surface area (Å²) in [7, 11) is 3.07. The highest BCUT2D eigenvalue weighted by Gasteiger charge is 2.05. The molecule has 0 aromatic heterocycles. The van der Waals surface area contributed by atoms with Crippen LogP contribution in [0, 0.1) is 0 Å². The van der Waals surface area contributed by atoms with Gasteiger partial charge in [0.05, 0.1) is 6.54 Å². The highest BCUT2D eigenvalue weighted by Crippen LogP contribution is 1.87. The summed E-state index contributed by atoms with van der Waals surface area (Å²) < 4.78 is 9.71. The third-order valence-electron chi connectivity index (χ3n) is 1.31. The lowest BCUT2D eigenvalue weighted by molar-refractivity contribution is -0.127. The predicted octanol–water partition coefficient (Wildman–Crippen LogP) is 0.131. The van der Waals surface area contributed by atoms with Crippen molar-refractivity contribution >= 4 is 5.91 Å². The molecule has 11 heavy (non-hydrogen) atoms. The molecule has 0 aliphatic rings. The van der Waals surface area contributed by atoms with Gasteiger partial charge in [0.25, 0.3) is 0 Å². The fourth-order valence-corrected chi connectivity index (χ4v) is 0.585. The van der Waals surface area contributed by atoms with Crippen molar-refractivity contribution in [3.8, 4) is 0 Å². The first kappa shape index (κ1) is 10.4. The first-order valence-corrected chi connectivity index (χ1v) is 3.56. The smallest absolute Gasteiger partial charge is 0.219 e. The monoisotopic (exact) mass is 161 g/mol. The maximum Gasteiger partial charge on any atom is 0.219 e. The predicted molar refractivity (Wildman–Crippen MR) is 41.1 cm³/mol. The van der Waals surface area contributed by atoms with Crippen LogP contribution in [0.1, 0.15) is 13.3 Å². The minimum absolute atomic E-state index is 0.00380. The number of carbonyl (C=O) groups excluding carboxylic acids is 1. The van der Waals surface area contributed by atoms with Gasteiger partial charge in [-0.25, -0.2) is 0 Å². The Morgan fingerprint density at radius 2 is 2.00 bits per heavy atom. The van der Waals surface area contributed by atoms with Crippen molar-refractivity contribution < 1.29 is 14.3 Å². The zero-order chi connectivity index (χ0) is 8.69. The van der Waals surface area contributed by atoms with Gasteiger partial charge in [0.15, 0.2) is 6.29 Å². The molecule has 0 spiro atoms. The molecular formula is C7H15NO3. The minimum atomic E-state index is -0.342. The van der Waals surface area contributed by atoms with E-state index in [2.05, 4.69) is 5.32 Å². The molecular weight excluding hydrogens is 146 g/mol. The van der Waals surface area contributed by atoms with Gasteiger partial charge in [0, 0.05) is 20.6 Å². The van der Waals surface area contributed by atoms with E-state index in [1.807, 2.05) is 0 Å².